The highest BCUT2D eigenvalue weighted by atomic mass is 19.2. The Balaban J connectivity index is 1.68. The minimum Gasteiger partial charge on any atom is -0.351 e. The lowest BCUT2D eigenvalue weighted by Gasteiger charge is -2.11. The van der Waals surface area contributed by atoms with E-state index in [2.05, 4.69) is 10.6 Å². The zero-order valence-corrected chi connectivity index (χ0v) is 14.0. The second-order valence-electron chi connectivity index (χ2n) is 6.20. The van der Waals surface area contributed by atoms with Gasteiger partial charge in [-0.15, -0.1) is 0 Å². The number of amides is 2. The first-order chi connectivity index (χ1) is 12.5. The van der Waals surface area contributed by atoms with Crippen LogP contribution in [0, 0.1) is 17.6 Å². The van der Waals surface area contributed by atoms with Crippen LogP contribution in [0.1, 0.15) is 28.3 Å². The summed E-state index contributed by atoms with van der Waals surface area (Å²) in [6.07, 6.45) is 0.554. The molecule has 5 nitrogen and oxygen atoms in total. The molecular formula is C19H19F2N3O2. The van der Waals surface area contributed by atoms with Crippen LogP contribution < -0.4 is 16.4 Å². The molecule has 2 atom stereocenters. The monoisotopic (exact) mass is 359 g/mol. The largest absolute Gasteiger partial charge is 0.351 e. The van der Waals surface area contributed by atoms with Crippen LogP contribution in [-0.4, -0.2) is 24.9 Å². The van der Waals surface area contributed by atoms with Crippen molar-refractivity contribution in [3.8, 4) is 0 Å². The van der Waals surface area contributed by atoms with Crippen LogP contribution in [0.5, 0.6) is 0 Å². The summed E-state index contributed by atoms with van der Waals surface area (Å²) in [6, 6.07) is 10.4. The Labute approximate surface area is 149 Å². The van der Waals surface area contributed by atoms with Gasteiger partial charge in [0.15, 0.2) is 11.6 Å². The van der Waals surface area contributed by atoms with Crippen molar-refractivity contribution in [3.05, 3.63) is 65.2 Å². The van der Waals surface area contributed by atoms with Gasteiger partial charge in [0.05, 0.1) is 11.3 Å². The van der Waals surface area contributed by atoms with Gasteiger partial charge in [0.2, 0.25) is 5.91 Å². The van der Waals surface area contributed by atoms with E-state index in [4.69, 9.17) is 5.73 Å². The first-order valence-electron chi connectivity index (χ1n) is 8.34. The lowest BCUT2D eigenvalue weighted by molar-refractivity contribution is -0.117. The molecule has 26 heavy (non-hydrogen) atoms. The van der Waals surface area contributed by atoms with Gasteiger partial charge >= 0.3 is 0 Å². The van der Waals surface area contributed by atoms with Gasteiger partial charge in [-0.1, -0.05) is 18.2 Å². The van der Waals surface area contributed by atoms with Gasteiger partial charge in [0.25, 0.3) is 5.91 Å². The fraction of sp³-hybridized carbons (Fsp3) is 0.263. The van der Waals surface area contributed by atoms with Crippen molar-refractivity contribution in [3.63, 3.8) is 0 Å². The Morgan fingerprint density at radius 2 is 1.88 bits per heavy atom. The Kier molecular flexibility index (Phi) is 5.27. The smallest absolute Gasteiger partial charge is 0.253 e. The lowest BCUT2D eigenvalue weighted by atomic mass is 10.1. The van der Waals surface area contributed by atoms with Gasteiger partial charge in [-0.3, -0.25) is 9.59 Å². The number of benzene rings is 2. The molecule has 1 saturated carbocycles. The van der Waals surface area contributed by atoms with Gasteiger partial charge in [-0.05, 0) is 42.2 Å². The number of hydrogen-bond donors (Lipinski definition) is 3. The highest BCUT2D eigenvalue weighted by molar-refractivity contribution is 6.04. The zero-order valence-electron chi connectivity index (χ0n) is 14.0. The van der Waals surface area contributed by atoms with Crippen molar-refractivity contribution in [1.82, 2.24) is 5.32 Å². The van der Waals surface area contributed by atoms with Crippen molar-refractivity contribution < 1.29 is 18.4 Å². The minimum absolute atomic E-state index is 0.150. The molecule has 0 radical (unpaired) electrons. The fourth-order valence-electron chi connectivity index (χ4n) is 2.89. The van der Waals surface area contributed by atoms with Crippen LogP contribution in [-0.2, 0) is 4.79 Å². The summed E-state index contributed by atoms with van der Waals surface area (Å²) < 4.78 is 26.4. The SMILES string of the molecule is NCCNC(=O)c1ccccc1NC(=O)C1CC1c1ccc(F)c(F)c1. The fourth-order valence-corrected chi connectivity index (χ4v) is 2.89. The van der Waals surface area contributed by atoms with E-state index in [-0.39, 0.29) is 23.7 Å². The number of carbonyl (C=O) groups excluding carboxylic acids is 2. The Hall–Kier alpha value is -2.80. The maximum Gasteiger partial charge on any atom is 0.253 e. The number of nitrogens with two attached hydrogens (primary N) is 1. The average Bonchev–Trinajstić information content (AvgIpc) is 3.43. The average molecular weight is 359 g/mol. The molecule has 0 saturated heterocycles. The topological polar surface area (TPSA) is 84.2 Å². The Morgan fingerprint density at radius 1 is 1.12 bits per heavy atom. The molecule has 1 aliphatic rings. The van der Waals surface area contributed by atoms with E-state index in [1.807, 2.05) is 0 Å². The molecule has 1 fully saturated rings. The van der Waals surface area contributed by atoms with Gasteiger partial charge < -0.3 is 16.4 Å². The molecule has 2 unspecified atom stereocenters. The van der Waals surface area contributed by atoms with Gasteiger partial charge in [0, 0.05) is 19.0 Å². The van der Waals surface area contributed by atoms with Gasteiger partial charge in [-0.25, -0.2) is 8.78 Å². The number of halogens is 2. The predicted octanol–water partition coefficient (Wildman–Crippen LogP) is 2.40. The van der Waals surface area contributed by atoms with E-state index in [9.17, 15) is 18.4 Å². The predicted molar refractivity (Wildman–Crippen MR) is 93.7 cm³/mol. The summed E-state index contributed by atoms with van der Waals surface area (Å²) in [5, 5.41) is 5.42. The van der Waals surface area contributed by atoms with Crippen molar-refractivity contribution in [1.29, 1.82) is 0 Å². The van der Waals surface area contributed by atoms with E-state index in [0.29, 0.717) is 36.3 Å². The molecule has 3 rings (SSSR count). The summed E-state index contributed by atoms with van der Waals surface area (Å²) in [6.45, 7) is 0.653. The second kappa shape index (κ2) is 7.61. The molecule has 136 valence electrons. The van der Waals surface area contributed by atoms with E-state index in [0.717, 1.165) is 12.1 Å². The van der Waals surface area contributed by atoms with Crippen LogP contribution in [0.25, 0.3) is 0 Å². The number of carbonyl (C=O) groups is 2. The Morgan fingerprint density at radius 3 is 2.62 bits per heavy atom. The molecule has 4 N–H and O–H groups in total. The molecule has 0 aromatic heterocycles. The van der Waals surface area contributed by atoms with Crippen molar-refractivity contribution >= 4 is 17.5 Å². The molecule has 0 bridgehead atoms. The summed E-state index contributed by atoms with van der Waals surface area (Å²) in [5.74, 6) is -2.88. The number of nitrogens with one attached hydrogen (secondary N) is 2. The summed E-state index contributed by atoms with van der Waals surface area (Å²) >= 11 is 0. The van der Waals surface area contributed by atoms with Crippen LogP contribution in [0.4, 0.5) is 14.5 Å². The molecule has 0 spiro atoms. The van der Waals surface area contributed by atoms with E-state index < -0.39 is 11.6 Å². The summed E-state index contributed by atoms with van der Waals surface area (Å²) in [4.78, 5) is 24.6. The quantitative estimate of drug-likeness (QED) is 0.740. The van der Waals surface area contributed by atoms with E-state index in [1.54, 1.807) is 24.3 Å². The molecule has 2 aromatic rings. The molecule has 2 aromatic carbocycles. The maximum atomic E-state index is 13.4. The summed E-state index contributed by atoms with van der Waals surface area (Å²) in [7, 11) is 0. The van der Waals surface area contributed by atoms with Crippen LogP contribution in [0.3, 0.4) is 0 Å². The van der Waals surface area contributed by atoms with Gasteiger partial charge in [-0.2, -0.15) is 0 Å². The standard InChI is InChI=1S/C19H19F2N3O2/c20-15-6-5-11(9-16(15)21)13-10-14(13)19(26)24-17-4-2-1-3-12(17)18(25)23-8-7-22/h1-6,9,13-14H,7-8,10,22H2,(H,23,25)(H,24,26). The summed E-state index contributed by atoms with van der Waals surface area (Å²) in [5.41, 5.74) is 6.73. The van der Waals surface area contributed by atoms with Crippen molar-refractivity contribution in [2.45, 2.75) is 12.3 Å². The third-order valence-corrected chi connectivity index (χ3v) is 4.36. The molecular weight excluding hydrogens is 340 g/mol. The first kappa shape index (κ1) is 18.0. The highest BCUT2D eigenvalue weighted by Gasteiger charge is 2.44. The molecule has 1 aliphatic carbocycles. The second-order valence-corrected chi connectivity index (χ2v) is 6.20. The van der Waals surface area contributed by atoms with Crippen molar-refractivity contribution in [2.75, 3.05) is 18.4 Å². The molecule has 0 aliphatic heterocycles. The molecule has 0 heterocycles. The third kappa shape index (κ3) is 3.88. The van der Waals surface area contributed by atoms with E-state index >= 15 is 0 Å². The Bertz CT molecular complexity index is 841. The van der Waals surface area contributed by atoms with Gasteiger partial charge in [0.1, 0.15) is 0 Å². The van der Waals surface area contributed by atoms with Crippen LogP contribution in [0.2, 0.25) is 0 Å². The highest BCUT2D eigenvalue weighted by Crippen LogP contribution is 2.48. The third-order valence-electron chi connectivity index (χ3n) is 4.36. The zero-order chi connectivity index (χ0) is 18.7. The first-order valence-corrected chi connectivity index (χ1v) is 8.34. The molecule has 7 heteroatoms. The maximum absolute atomic E-state index is 13.4. The molecule has 2 amide bonds. The van der Waals surface area contributed by atoms with E-state index in [1.165, 1.54) is 6.07 Å². The number of para-hydroxylation sites is 1. The van der Waals surface area contributed by atoms with Crippen molar-refractivity contribution in [2.24, 2.45) is 11.7 Å². The normalized spacial score (nSPS) is 18.3. The number of hydrogen-bond acceptors (Lipinski definition) is 3. The number of anilines is 1. The lowest BCUT2D eigenvalue weighted by Crippen LogP contribution is -2.30. The minimum atomic E-state index is -0.921. The number of rotatable bonds is 6. The van der Waals surface area contributed by atoms with Crippen LogP contribution in [0.15, 0.2) is 42.5 Å². The van der Waals surface area contributed by atoms with Crippen LogP contribution >= 0.6 is 0 Å².